The van der Waals surface area contributed by atoms with Crippen LogP contribution in [0.5, 0.6) is 0 Å². The predicted octanol–water partition coefficient (Wildman–Crippen LogP) is 1.24. The summed E-state index contributed by atoms with van der Waals surface area (Å²) in [4.78, 5) is 11.5. The molecule has 0 heterocycles. The highest BCUT2D eigenvalue weighted by Gasteiger charge is 2.09. The molecule has 0 fully saturated rings. The van der Waals surface area contributed by atoms with Gasteiger partial charge in [-0.15, -0.1) is 11.6 Å². The highest BCUT2D eigenvalue weighted by molar-refractivity contribution is 6.18. The van der Waals surface area contributed by atoms with Crippen LogP contribution in [0.25, 0.3) is 0 Å². The van der Waals surface area contributed by atoms with E-state index in [9.17, 15) is 4.79 Å². The minimum absolute atomic E-state index is 0.207. The van der Waals surface area contributed by atoms with Gasteiger partial charge in [-0.25, -0.2) is 5.84 Å². The summed E-state index contributed by atoms with van der Waals surface area (Å²) in [5, 5.41) is 1.11. The Morgan fingerprint density at radius 1 is 1.38 bits per heavy atom. The molecule has 0 spiro atoms. The minimum atomic E-state index is -0.207. The van der Waals surface area contributed by atoms with Crippen molar-refractivity contribution in [2.75, 3.05) is 12.4 Å². The van der Waals surface area contributed by atoms with Crippen LogP contribution in [0.1, 0.15) is 10.4 Å². The van der Waals surface area contributed by atoms with Gasteiger partial charge in [0.2, 0.25) is 0 Å². The summed E-state index contributed by atoms with van der Waals surface area (Å²) in [6.45, 7) is 0.356. The number of hydrazine groups is 1. The van der Waals surface area contributed by atoms with E-state index in [4.69, 9.17) is 17.4 Å². The fourth-order valence-corrected chi connectivity index (χ4v) is 1.12. The molecule has 2 N–H and O–H groups in total. The molecule has 3 nitrogen and oxygen atoms in total. The van der Waals surface area contributed by atoms with Gasteiger partial charge in [0, 0.05) is 11.4 Å². The van der Waals surface area contributed by atoms with Gasteiger partial charge < -0.3 is 0 Å². The van der Waals surface area contributed by atoms with Crippen molar-refractivity contribution in [3.63, 3.8) is 0 Å². The molecule has 1 rings (SSSR count). The number of benzene rings is 1. The summed E-state index contributed by atoms with van der Waals surface area (Å²) in [5.74, 6) is 5.59. The molecule has 0 unspecified atom stereocenters. The maximum Gasteiger partial charge on any atom is 0.267 e. The minimum Gasteiger partial charge on any atom is -0.275 e. The van der Waals surface area contributed by atoms with Crippen molar-refractivity contribution in [1.29, 1.82) is 0 Å². The first kappa shape index (κ1) is 10.0. The number of carbonyl (C=O) groups is 1. The largest absolute Gasteiger partial charge is 0.275 e. The van der Waals surface area contributed by atoms with Crippen molar-refractivity contribution in [2.45, 2.75) is 0 Å². The molecule has 0 radical (unpaired) electrons. The lowest BCUT2D eigenvalue weighted by atomic mass is 10.2. The molecule has 1 aromatic carbocycles. The lowest BCUT2D eigenvalue weighted by molar-refractivity contribution is 0.0765. The lowest BCUT2D eigenvalue weighted by Crippen LogP contribution is -2.38. The Labute approximate surface area is 82.1 Å². The second kappa shape index (κ2) is 4.84. The van der Waals surface area contributed by atoms with Crippen molar-refractivity contribution in [1.82, 2.24) is 5.01 Å². The number of alkyl halides is 1. The summed E-state index contributed by atoms with van der Waals surface area (Å²) in [6, 6.07) is 8.87. The molecule has 0 aromatic heterocycles. The highest BCUT2D eigenvalue weighted by Crippen LogP contribution is 2.01. The van der Waals surface area contributed by atoms with Crippen molar-refractivity contribution >= 4 is 17.5 Å². The predicted molar refractivity (Wildman–Crippen MR) is 52.4 cm³/mol. The van der Waals surface area contributed by atoms with Crippen molar-refractivity contribution in [3.05, 3.63) is 35.9 Å². The first-order valence-corrected chi connectivity index (χ1v) is 4.46. The quantitative estimate of drug-likeness (QED) is 0.344. The van der Waals surface area contributed by atoms with E-state index in [1.165, 1.54) is 0 Å². The first-order chi connectivity index (χ1) is 6.25. The molecule has 1 aromatic rings. The van der Waals surface area contributed by atoms with Crippen LogP contribution >= 0.6 is 11.6 Å². The molecule has 13 heavy (non-hydrogen) atoms. The monoisotopic (exact) mass is 198 g/mol. The Morgan fingerprint density at radius 2 is 2.00 bits per heavy atom. The van der Waals surface area contributed by atoms with E-state index in [1.807, 2.05) is 6.07 Å². The molecular weight excluding hydrogens is 188 g/mol. The molecular formula is C9H11ClN2O. The van der Waals surface area contributed by atoms with E-state index in [2.05, 4.69) is 0 Å². The average Bonchev–Trinajstić information content (AvgIpc) is 2.18. The zero-order chi connectivity index (χ0) is 9.68. The number of nitrogens with zero attached hydrogens (tertiary/aromatic N) is 1. The van der Waals surface area contributed by atoms with E-state index >= 15 is 0 Å². The third kappa shape index (κ3) is 2.72. The molecule has 0 saturated heterocycles. The normalized spacial score (nSPS) is 9.69. The number of rotatable bonds is 3. The van der Waals surface area contributed by atoms with Gasteiger partial charge in [0.05, 0.1) is 6.54 Å². The van der Waals surface area contributed by atoms with Gasteiger partial charge in [0.15, 0.2) is 0 Å². The van der Waals surface area contributed by atoms with Gasteiger partial charge in [0.25, 0.3) is 5.91 Å². The fraction of sp³-hybridized carbons (Fsp3) is 0.222. The van der Waals surface area contributed by atoms with E-state index in [1.54, 1.807) is 24.3 Å². The van der Waals surface area contributed by atoms with Gasteiger partial charge in [0.1, 0.15) is 0 Å². The lowest BCUT2D eigenvalue weighted by Gasteiger charge is -2.14. The van der Waals surface area contributed by atoms with Gasteiger partial charge in [-0.3, -0.25) is 9.80 Å². The van der Waals surface area contributed by atoms with E-state index in [0.717, 1.165) is 5.01 Å². The maximum absolute atomic E-state index is 11.5. The van der Waals surface area contributed by atoms with Crippen molar-refractivity contribution in [3.8, 4) is 0 Å². The second-order valence-electron chi connectivity index (χ2n) is 2.55. The van der Waals surface area contributed by atoms with Crippen LogP contribution < -0.4 is 5.84 Å². The molecule has 0 bridgehead atoms. The number of carbonyl (C=O) groups excluding carboxylic acids is 1. The topological polar surface area (TPSA) is 46.3 Å². The van der Waals surface area contributed by atoms with E-state index in [-0.39, 0.29) is 5.91 Å². The van der Waals surface area contributed by atoms with Crippen LogP contribution in [0, 0.1) is 0 Å². The smallest absolute Gasteiger partial charge is 0.267 e. The Kier molecular flexibility index (Phi) is 3.73. The van der Waals surface area contributed by atoms with Gasteiger partial charge in [-0.05, 0) is 12.1 Å². The standard InChI is InChI=1S/C9H11ClN2O/c10-6-7-12(11)9(13)8-4-2-1-3-5-8/h1-5H,6-7,11H2. The summed E-state index contributed by atoms with van der Waals surface area (Å²) in [5.41, 5.74) is 0.579. The number of nitrogens with two attached hydrogens (primary N) is 1. The van der Waals surface area contributed by atoms with Crippen LogP contribution in [0.3, 0.4) is 0 Å². The van der Waals surface area contributed by atoms with Crippen LogP contribution in [-0.2, 0) is 0 Å². The van der Waals surface area contributed by atoms with Crippen LogP contribution in [-0.4, -0.2) is 23.3 Å². The highest BCUT2D eigenvalue weighted by atomic mass is 35.5. The fourth-order valence-electron chi connectivity index (χ4n) is 0.939. The zero-order valence-electron chi connectivity index (χ0n) is 7.11. The maximum atomic E-state index is 11.5. The summed E-state index contributed by atoms with van der Waals surface area (Å²) in [6.07, 6.45) is 0. The molecule has 1 amide bonds. The third-order valence-electron chi connectivity index (χ3n) is 1.61. The Morgan fingerprint density at radius 3 is 2.54 bits per heavy atom. The van der Waals surface area contributed by atoms with Gasteiger partial charge >= 0.3 is 0 Å². The SMILES string of the molecule is NN(CCCl)C(=O)c1ccccc1. The Balaban J connectivity index is 2.68. The number of hydrogen-bond acceptors (Lipinski definition) is 2. The van der Waals surface area contributed by atoms with Crippen LogP contribution in [0.4, 0.5) is 0 Å². The first-order valence-electron chi connectivity index (χ1n) is 3.93. The second-order valence-corrected chi connectivity index (χ2v) is 2.93. The summed E-state index contributed by atoms with van der Waals surface area (Å²) >= 11 is 5.45. The number of hydrogen-bond donors (Lipinski definition) is 1. The zero-order valence-corrected chi connectivity index (χ0v) is 7.87. The number of amides is 1. The average molecular weight is 199 g/mol. The summed E-state index contributed by atoms with van der Waals surface area (Å²) < 4.78 is 0. The van der Waals surface area contributed by atoms with Crippen molar-refractivity contribution in [2.24, 2.45) is 5.84 Å². The molecule has 0 aliphatic heterocycles. The van der Waals surface area contributed by atoms with Crippen LogP contribution in [0.15, 0.2) is 30.3 Å². The van der Waals surface area contributed by atoms with Gasteiger partial charge in [-0.1, -0.05) is 18.2 Å². The van der Waals surface area contributed by atoms with Gasteiger partial charge in [-0.2, -0.15) is 0 Å². The molecule has 0 atom stereocenters. The summed E-state index contributed by atoms with van der Waals surface area (Å²) in [7, 11) is 0. The molecule has 0 aliphatic carbocycles. The van der Waals surface area contributed by atoms with Crippen molar-refractivity contribution < 1.29 is 4.79 Å². The molecule has 0 saturated carbocycles. The molecule has 4 heteroatoms. The van der Waals surface area contributed by atoms with E-state index < -0.39 is 0 Å². The van der Waals surface area contributed by atoms with Crippen LogP contribution in [0.2, 0.25) is 0 Å². The Hall–Kier alpha value is -1.06. The molecule has 0 aliphatic rings. The third-order valence-corrected chi connectivity index (χ3v) is 1.78. The molecule has 70 valence electrons. The Bertz CT molecular complexity index is 276. The van der Waals surface area contributed by atoms with E-state index in [0.29, 0.717) is 18.0 Å². The number of halogens is 1.